The fourth-order valence-corrected chi connectivity index (χ4v) is 6.45. The Labute approximate surface area is 178 Å². The van der Waals surface area contributed by atoms with E-state index in [0.29, 0.717) is 19.1 Å². The van der Waals surface area contributed by atoms with Crippen LogP contribution in [0.25, 0.3) is 0 Å². The summed E-state index contributed by atoms with van der Waals surface area (Å²) in [5, 5.41) is 6.43. The van der Waals surface area contributed by atoms with E-state index in [0.717, 1.165) is 11.4 Å². The summed E-state index contributed by atoms with van der Waals surface area (Å²) >= 11 is 0. The lowest BCUT2D eigenvalue weighted by Crippen LogP contribution is -2.57. The maximum atomic E-state index is 12.9. The van der Waals surface area contributed by atoms with Crippen LogP contribution in [0.2, 0.25) is 0 Å². The van der Waals surface area contributed by atoms with Crippen LogP contribution in [-0.2, 0) is 9.47 Å². The molecule has 7 nitrogen and oxygen atoms in total. The number of carbonyl (C=O) groups excluding carboxylic acids is 1. The second-order valence-corrected chi connectivity index (χ2v) is 10.4. The van der Waals surface area contributed by atoms with Gasteiger partial charge in [0.2, 0.25) is 0 Å². The molecule has 5 rings (SSSR count). The van der Waals surface area contributed by atoms with Crippen molar-refractivity contribution >= 4 is 6.03 Å². The molecule has 164 valence electrons. The molecular weight excluding hydrogens is 382 g/mol. The summed E-state index contributed by atoms with van der Waals surface area (Å²) in [6, 6.07) is 3.67. The molecule has 2 saturated heterocycles. The Morgan fingerprint density at radius 3 is 2.73 bits per heavy atom. The van der Waals surface area contributed by atoms with E-state index < -0.39 is 0 Å². The molecule has 0 radical (unpaired) electrons. The smallest absolute Gasteiger partial charge is 0.315 e. The standard InChI is InChI=1S/C23H33N3O4/c1-13-16(6-5-9-24-13)30-17-12-29-18-15(11-28-19(17)18)25-21(27)26-20-22(2,3)14-7-8-23(20,4)10-14/h5-6,9,14-15,17-20H,7-8,10-12H2,1-4H3,(H2,25,26,27)/t14-,15?,17+,18+,19?,20+,23+/m1/s1. The van der Waals surface area contributed by atoms with Crippen LogP contribution in [0.5, 0.6) is 5.75 Å². The third-order valence-electron chi connectivity index (χ3n) is 8.11. The van der Waals surface area contributed by atoms with Gasteiger partial charge >= 0.3 is 6.03 Å². The molecule has 2 aliphatic heterocycles. The number of carbonyl (C=O) groups is 1. The van der Waals surface area contributed by atoms with E-state index in [2.05, 4.69) is 36.4 Å². The van der Waals surface area contributed by atoms with Gasteiger partial charge in [0.05, 0.1) is 24.9 Å². The zero-order valence-corrected chi connectivity index (χ0v) is 18.3. The van der Waals surface area contributed by atoms with Crippen molar-refractivity contribution < 1.29 is 19.0 Å². The molecule has 2 saturated carbocycles. The topological polar surface area (TPSA) is 81.7 Å². The number of hydrogen-bond donors (Lipinski definition) is 2. The largest absolute Gasteiger partial charge is 0.483 e. The van der Waals surface area contributed by atoms with Gasteiger partial charge in [-0.05, 0) is 55.1 Å². The van der Waals surface area contributed by atoms with Crippen LogP contribution in [-0.4, -0.2) is 54.6 Å². The molecule has 4 fully saturated rings. The van der Waals surface area contributed by atoms with Crippen molar-refractivity contribution in [1.29, 1.82) is 0 Å². The summed E-state index contributed by atoms with van der Waals surface area (Å²) < 4.78 is 18.1. The van der Waals surface area contributed by atoms with Gasteiger partial charge < -0.3 is 24.8 Å². The Morgan fingerprint density at radius 1 is 1.20 bits per heavy atom. The molecule has 2 bridgehead atoms. The second-order valence-electron chi connectivity index (χ2n) is 10.4. The summed E-state index contributed by atoms with van der Waals surface area (Å²) in [7, 11) is 0. The number of nitrogens with one attached hydrogen (secondary N) is 2. The van der Waals surface area contributed by atoms with Crippen molar-refractivity contribution in [1.82, 2.24) is 15.6 Å². The van der Waals surface area contributed by atoms with Crippen molar-refractivity contribution in [2.24, 2.45) is 16.7 Å². The van der Waals surface area contributed by atoms with Crippen LogP contribution in [0.15, 0.2) is 18.3 Å². The van der Waals surface area contributed by atoms with Crippen LogP contribution >= 0.6 is 0 Å². The van der Waals surface area contributed by atoms with E-state index in [4.69, 9.17) is 14.2 Å². The Kier molecular flexibility index (Phi) is 4.74. The summed E-state index contributed by atoms with van der Waals surface area (Å²) in [5.41, 5.74) is 1.17. The number of nitrogens with zero attached hydrogens (tertiary/aromatic N) is 1. The van der Waals surface area contributed by atoms with Crippen LogP contribution in [0, 0.1) is 23.7 Å². The maximum absolute atomic E-state index is 12.9. The van der Waals surface area contributed by atoms with Gasteiger partial charge in [-0.2, -0.15) is 0 Å². The first-order valence-corrected chi connectivity index (χ1v) is 11.2. The number of ether oxygens (including phenoxy) is 3. The molecule has 0 spiro atoms. The first kappa shape index (κ1) is 20.1. The number of amides is 2. The molecule has 7 atom stereocenters. The van der Waals surface area contributed by atoms with Gasteiger partial charge in [0.15, 0.2) is 6.10 Å². The predicted octanol–water partition coefficient (Wildman–Crippen LogP) is 2.82. The number of rotatable bonds is 4. The number of urea groups is 1. The average Bonchev–Trinajstić information content (AvgIpc) is 3.42. The Hall–Kier alpha value is -1.86. The molecule has 4 aliphatic rings. The fourth-order valence-electron chi connectivity index (χ4n) is 6.45. The molecule has 3 heterocycles. The lowest BCUT2D eigenvalue weighted by Gasteiger charge is -2.43. The molecule has 1 aromatic rings. The van der Waals surface area contributed by atoms with Crippen molar-refractivity contribution in [2.45, 2.75) is 77.4 Å². The van der Waals surface area contributed by atoms with Gasteiger partial charge in [-0.3, -0.25) is 4.98 Å². The molecule has 0 aromatic carbocycles. The molecular formula is C23H33N3O4. The molecule has 2 unspecified atom stereocenters. The Balaban J connectivity index is 1.19. The number of fused-ring (bicyclic) bond motifs is 3. The number of aromatic nitrogens is 1. The normalized spacial score (nSPS) is 40.9. The highest BCUT2D eigenvalue weighted by Crippen LogP contribution is 2.62. The minimum Gasteiger partial charge on any atom is -0.483 e. The quantitative estimate of drug-likeness (QED) is 0.790. The van der Waals surface area contributed by atoms with Crippen LogP contribution in [0.4, 0.5) is 4.79 Å². The maximum Gasteiger partial charge on any atom is 0.315 e. The molecule has 2 amide bonds. The minimum absolute atomic E-state index is 0.118. The van der Waals surface area contributed by atoms with Gasteiger partial charge in [0, 0.05) is 12.2 Å². The lowest BCUT2D eigenvalue weighted by atomic mass is 9.68. The van der Waals surface area contributed by atoms with E-state index in [1.807, 2.05) is 19.1 Å². The predicted molar refractivity (Wildman–Crippen MR) is 111 cm³/mol. The third-order valence-corrected chi connectivity index (χ3v) is 8.11. The van der Waals surface area contributed by atoms with E-state index in [9.17, 15) is 4.79 Å². The number of aryl methyl sites for hydroxylation is 1. The minimum atomic E-state index is -0.198. The van der Waals surface area contributed by atoms with Gasteiger partial charge in [-0.1, -0.05) is 20.8 Å². The second kappa shape index (κ2) is 7.09. The summed E-state index contributed by atoms with van der Waals surface area (Å²) in [6.45, 7) is 9.71. The van der Waals surface area contributed by atoms with Crippen molar-refractivity contribution in [2.75, 3.05) is 13.2 Å². The van der Waals surface area contributed by atoms with Gasteiger partial charge in [-0.25, -0.2) is 4.79 Å². The van der Waals surface area contributed by atoms with E-state index in [1.165, 1.54) is 19.3 Å². The van der Waals surface area contributed by atoms with Gasteiger partial charge in [0.1, 0.15) is 18.0 Å². The lowest BCUT2D eigenvalue weighted by molar-refractivity contribution is 0.0299. The highest BCUT2D eigenvalue weighted by atomic mass is 16.6. The number of hydrogen-bond acceptors (Lipinski definition) is 5. The van der Waals surface area contributed by atoms with Crippen molar-refractivity contribution in [3.8, 4) is 5.75 Å². The Morgan fingerprint density at radius 2 is 2.00 bits per heavy atom. The van der Waals surface area contributed by atoms with Crippen molar-refractivity contribution in [3.05, 3.63) is 24.0 Å². The van der Waals surface area contributed by atoms with Gasteiger partial charge in [-0.15, -0.1) is 0 Å². The van der Waals surface area contributed by atoms with E-state index in [-0.39, 0.29) is 47.3 Å². The van der Waals surface area contributed by atoms with Crippen LogP contribution in [0.3, 0.4) is 0 Å². The first-order chi connectivity index (χ1) is 14.3. The Bertz CT molecular complexity index is 826. The number of pyridine rings is 1. The summed E-state index contributed by atoms with van der Waals surface area (Å²) in [5.74, 6) is 1.44. The SMILES string of the molecule is Cc1ncccc1O[C@H]1CO[C@H]2C(NC(=O)N[C@H]3C(C)(C)[C@@H]4CC[C@@]3(C)C4)COC21. The molecule has 7 heteroatoms. The zero-order valence-electron chi connectivity index (χ0n) is 18.3. The third kappa shape index (κ3) is 3.17. The average molecular weight is 416 g/mol. The van der Waals surface area contributed by atoms with Crippen LogP contribution in [0.1, 0.15) is 45.7 Å². The highest BCUT2D eigenvalue weighted by molar-refractivity contribution is 5.75. The molecule has 30 heavy (non-hydrogen) atoms. The monoisotopic (exact) mass is 415 g/mol. The van der Waals surface area contributed by atoms with E-state index in [1.54, 1.807) is 6.20 Å². The molecule has 1 aromatic heterocycles. The van der Waals surface area contributed by atoms with Gasteiger partial charge in [0.25, 0.3) is 0 Å². The van der Waals surface area contributed by atoms with Crippen LogP contribution < -0.4 is 15.4 Å². The summed E-state index contributed by atoms with van der Waals surface area (Å²) in [6.07, 6.45) is 4.84. The summed E-state index contributed by atoms with van der Waals surface area (Å²) in [4.78, 5) is 17.2. The zero-order chi connectivity index (χ0) is 21.1. The van der Waals surface area contributed by atoms with Crippen molar-refractivity contribution in [3.63, 3.8) is 0 Å². The first-order valence-electron chi connectivity index (χ1n) is 11.2. The highest BCUT2D eigenvalue weighted by Gasteiger charge is 2.60. The molecule has 2 N–H and O–H groups in total. The fraction of sp³-hybridized carbons (Fsp3) is 0.739. The molecule has 2 aliphatic carbocycles. The van der Waals surface area contributed by atoms with E-state index >= 15 is 0 Å².